The van der Waals surface area contributed by atoms with Crippen molar-refractivity contribution >= 4 is 50.1 Å². The highest BCUT2D eigenvalue weighted by Gasteiger charge is 2.17. The second-order valence-electron chi connectivity index (χ2n) is 11.6. The monoisotopic (exact) mass is 604 g/mol. The van der Waals surface area contributed by atoms with Crippen molar-refractivity contribution in [3.05, 3.63) is 170 Å². The summed E-state index contributed by atoms with van der Waals surface area (Å²) in [6.07, 6.45) is 0. The van der Waals surface area contributed by atoms with E-state index in [9.17, 15) is 0 Å². The summed E-state index contributed by atoms with van der Waals surface area (Å²) in [5.74, 6) is 0.621. The van der Waals surface area contributed by atoms with E-state index in [4.69, 9.17) is 13.8 Å². The van der Waals surface area contributed by atoms with Gasteiger partial charge in [0.1, 0.15) is 16.7 Å². The Morgan fingerprint density at radius 1 is 0.404 bits per heavy atom. The average Bonchev–Trinajstić information content (AvgIpc) is 3.75. The number of oxazole rings is 1. The van der Waals surface area contributed by atoms with Gasteiger partial charge in [0.25, 0.3) is 0 Å². The quantitative estimate of drug-likeness (QED) is 0.189. The van der Waals surface area contributed by atoms with Gasteiger partial charge in [-0.1, -0.05) is 103 Å². The molecule has 0 saturated heterocycles. The highest BCUT2D eigenvalue weighted by Crippen LogP contribution is 2.40. The minimum atomic E-state index is 0.621. The first-order valence-electron chi connectivity index (χ1n) is 15.7. The predicted molar refractivity (Wildman–Crippen MR) is 192 cm³/mol. The maximum absolute atomic E-state index is 6.34. The number of hydrogen-bond donors (Lipinski definition) is 0. The van der Waals surface area contributed by atoms with E-state index in [1.807, 2.05) is 60.7 Å². The Morgan fingerprint density at radius 2 is 1.00 bits per heavy atom. The van der Waals surface area contributed by atoms with Crippen LogP contribution in [0.15, 0.2) is 179 Å². The van der Waals surface area contributed by atoms with Crippen LogP contribution in [0.4, 0.5) is 17.1 Å². The minimum Gasteiger partial charge on any atom is -0.456 e. The summed E-state index contributed by atoms with van der Waals surface area (Å²) < 4.78 is 12.6. The standard InChI is InChI=1S/C43H28N2O2/c1-3-10-29(11-4-1)30-18-22-33(23-19-30)45(35-26-27-38-37-14-7-8-17-40(37)46-41(38)28-35)34-24-20-31(21-25-34)36-15-9-16-39-42(36)47-43(44-39)32-12-5-2-6-13-32/h1-28H. The molecule has 9 rings (SSSR count). The van der Waals surface area contributed by atoms with Gasteiger partial charge in [-0.2, -0.15) is 0 Å². The highest BCUT2D eigenvalue weighted by atomic mass is 16.3. The van der Waals surface area contributed by atoms with Gasteiger partial charge in [0.15, 0.2) is 5.58 Å². The maximum Gasteiger partial charge on any atom is 0.227 e. The molecular weight excluding hydrogens is 576 g/mol. The molecule has 7 aromatic carbocycles. The Labute approximate surface area is 271 Å². The Bertz CT molecular complexity index is 2500. The molecule has 2 heterocycles. The fourth-order valence-corrected chi connectivity index (χ4v) is 6.41. The van der Waals surface area contributed by atoms with Crippen LogP contribution in [0.3, 0.4) is 0 Å². The summed E-state index contributed by atoms with van der Waals surface area (Å²) in [4.78, 5) is 7.05. The third-order valence-electron chi connectivity index (χ3n) is 8.73. The Balaban J connectivity index is 1.13. The Hall–Kier alpha value is -6.39. The number of para-hydroxylation sites is 2. The number of aromatic nitrogens is 1. The lowest BCUT2D eigenvalue weighted by atomic mass is 10.0. The van der Waals surface area contributed by atoms with Crippen LogP contribution in [-0.4, -0.2) is 4.98 Å². The number of rotatable bonds is 6. The number of hydrogen-bond acceptors (Lipinski definition) is 4. The Kier molecular flexibility index (Phi) is 6.43. The van der Waals surface area contributed by atoms with Crippen LogP contribution in [0.25, 0.3) is 66.7 Å². The van der Waals surface area contributed by atoms with Gasteiger partial charge >= 0.3 is 0 Å². The summed E-state index contributed by atoms with van der Waals surface area (Å²) in [6.45, 7) is 0. The molecule has 0 amide bonds. The third-order valence-corrected chi connectivity index (χ3v) is 8.73. The topological polar surface area (TPSA) is 42.4 Å². The molecule has 0 atom stereocenters. The molecule has 0 N–H and O–H groups in total. The summed E-state index contributed by atoms with van der Waals surface area (Å²) in [5, 5.41) is 2.23. The van der Waals surface area contributed by atoms with Gasteiger partial charge in [-0.05, 0) is 77.4 Å². The molecule has 9 aromatic rings. The van der Waals surface area contributed by atoms with E-state index >= 15 is 0 Å². The van der Waals surface area contributed by atoms with E-state index in [1.54, 1.807) is 0 Å². The van der Waals surface area contributed by atoms with Crippen LogP contribution in [0.5, 0.6) is 0 Å². The third kappa shape index (κ3) is 4.84. The van der Waals surface area contributed by atoms with Crippen LogP contribution in [-0.2, 0) is 0 Å². The molecular formula is C43H28N2O2. The molecule has 0 saturated carbocycles. The van der Waals surface area contributed by atoms with Crippen LogP contribution in [0.1, 0.15) is 0 Å². The number of anilines is 3. The lowest BCUT2D eigenvalue weighted by molar-refractivity contribution is 0.621. The van der Waals surface area contributed by atoms with Crippen molar-refractivity contribution < 1.29 is 8.83 Å². The van der Waals surface area contributed by atoms with Crippen LogP contribution < -0.4 is 4.90 Å². The van der Waals surface area contributed by atoms with Gasteiger partial charge in [-0.15, -0.1) is 0 Å². The summed E-state index contributed by atoms with van der Waals surface area (Å²) >= 11 is 0. The molecule has 4 heteroatoms. The number of benzene rings is 7. The predicted octanol–water partition coefficient (Wildman–Crippen LogP) is 12.2. The zero-order chi connectivity index (χ0) is 31.2. The normalized spacial score (nSPS) is 11.4. The first kappa shape index (κ1) is 27.0. The minimum absolute atomic E-state index is 0.621. The van der Waals surface area contributed by atoms with Gasteiger partial charge in [-0.25, -0.2) is 4.98 Å². The molecule has 4 nitrogen and oxygen atoms in total. The van der Waals surface area contributed by atoms with Crippen molar-refractivity contribution in [2.75, 3.05) is 4.90 Å². The van der Waals surface area contributed by atoms with Crippen LogP contribution in [0.2, 0.25) is 0 Å². The molecule has 0 bridgehead atoms. The zero-order valence-electron chi connectivity index (χ0n) is 25.4. The van der Waals surface area contributed by atoms with E-state index in [1.165, 1.54) is 11.1 Å². The molecule has 0 aliphatic heterocycles. The second-order valence-corrected chi connectivity index (χ2v) is 11.6. The van der Waals surface area contributed by atoms with Gasteiger partial charge < -0.3 is 13.7 Å². The largest absolute Gasteiger partial charge is 0.456 e. The van der Waals surface area contributed by atoms with Crippen molar-refractivity contribution in [1.82, 2.24) is 4.98 Å². The van der Waals surface area contributed by atoms with Gasteiger partial charge in [0.05, 0.1) is 0 Å². The number of nitrogens with zero attached hydrogens (tertiary/aromatic N) is 2. The molecule has 0 aliphatic carbocycles. The van der Waals surface area contributed by atoms with E-state index in [0.29, 0.717) is 5.89 Å². The average molecular weight is 605 g/mol. The molecule has 0 unspecified atom stereocenters. The fraction of sp³-hybridized carbons (Fsp3) is 0. The fourth-order valence-electron chi connectivity index (χ4n) is 6.41. The highest BCUT2D eigenvalue weighted by molar-refractivity contribution is 6.06. The van der Waals surface area contributed by atoms with Crippen molar-refractivity contribution in [2.24, 2.45) is 0 Å². The van der Waals surface area contributed by atoms with Crippen molar-refractivity contribution in [3.8, 4) is 33.7 Å². The molecule has 0 radical (unpaired) electrons. The van der Waals surface area contributed by atoms with Crippen molar-refractivity contribution in [2.45, 2.75) is 0 Å². The molecule has 0 spiro atoms. The Morgan fingerprint density at radius 3 is 1.74 bits per heavy atom. The number of furan rings is 1. The lowest BCUT2D eigenvalue weighted by Gasteiger charge is -2.26. The van der Waals surface area contributed by atoms with E-state index in [0.717, 1.165) is 66.8 Å². The van der Waals surface area contributed by atoms with E-state index in [-0.39, 0.29) is 0 Å². The maximum atomic E-state index is 6.34. The number of fused-ring (bicyclic) bond motifs is 4. The van der Waals surface area contributed by atoms with E-state index in [2.05, 4.69) is 114 Å². The molecule has 0 aliphatic rings. The van der Waals surface area contributed by atoms with Crippen LogP contribution in [0, 0.1) is 0 Å². The smallest absolute Gasteiger partial charge is 0.227 e. The molecule has 222 valence electrons. The first-order valence-corrected chi connectivity index (χ1v) is 15.7. The first-order chi connectivity index (χ1) is 23.3. The lowest BCUT2D eigenvalue weighted by Crippen LogP contribution is -2.09. The van der Waals surface area contributed by atoms with Crippen LogP contribution >= 0.6 is 0 Å². The summed E-state index contributed by atoms with van der Waals surface area (Å²) in [6, 6.07) is 58.6. The summed E-state index contributed by atoms with van der Waals surface area (Å²) in [5.41, 5.74) is 11.9. The zero-order valence-corrected chi connectivity index (χ0v) is 25.4. The van der Waals surface area contributed by atoms with Gasteiger partial charge in [-0.3, -0.25) is 0 Å². The van der Waals surface area contributed by atoms with E-state index < -0.39 is 0 Å². The van der Waals surface area contributed by atoms with Crippen molar-refractivity contribution in [1.29, 1.82) is 0 Å². The van der Waals surface area contributed by atoms with Crippen molar-refractivity contribution in [3.63, 3.8) is 0 Å². The van der Waals surface area contributed by atoms with Gasteiger partial charge in [0.2, 0.25) is 5.89 Å². The second kappa shape index (κ2) is 11.2. The summed E-state index contributed by atoms with van der Waals surface area (Å²) in [7, 11) is 0. The van der Waals surface area contributed by atoms with Gasteiger partial charge in [0, 0.05) is 45.0 Å². The SMILES string of the molecule is c1ccc(-c2ccc(N(c3ccc(-c4cccc5nc(-c6ccccc6)oc45)cc3)c3ccc4c(c3)oc3ccccc34)cc2)cc1. The molecule has 47 heavy (non-hydrogen) atoms. The molecule has 0 fully saturated rings. The molecule has 2 aromatic heterocycles.